The summed E-state index contributed by atoms with van der Waals surface area (Å²) in [5, 5.41) is 8.80. The predicted octanol–water partition coefficient (Wildman–Crippen LogP) is 3.78. The van der Waals surface area contributed by atoms with Gasteiger partial charge in [-0.05, 0) is 32.3 Å². The molecule has 1 saturated carbocycles. The number of aromatic nitrogens is 6. The molecule has 5 rings (SSSR count). The van der Waals surface area contributed by atoms with E-state index in [1.54, 1.807) is 6.07 Å². The highest BCUT2D eigenvalue weighted by molar-refractivity contribution is 5.66. The van der Waals surface area contributed by atoms with Crippen LogP contribution in [-0.2, 0) is 0 Å². The molecule has 0 radical (unpaired) electrons. The first-order chi connectivity index (χ1) is 13.7. The smallest absolute Gasteiger partial charge is 0.213 e. The molecule has 4 heterocycles. The summed E-state index contributed by atoms with van der Waals surface area (Å²) in [6.07, 6.45) is 8.91. The standard InChI is InChI=1S/C20H22FN7/c1-3-15-20-26-25-12(2)27(20)16-11-23-18(13-8-9-22-17(21)10-13)24-19(16)28(15)14-6-4-5-7-14/h8-11,14-15H,3-7H2,1-2H3/t15-/m1/s1. The largest absolute Gasteiger partial charge is 0.342 e. The van der Waals surface area contributed by atoms with Gasteiger partial charge in [0.05, 0.1) is 12.2 Å². The van der Waals surface area contributed by atoms with Crippen LogP contribution < -0.4 is 4.90 Å². The quantitative estimate of drug-likeness (QED) is 0.645. The van der Waals surface area contributed by atoms with Crippen LogP contribution in [0, 0.1) is 12.9 Å². The maximum atomic E-state index is 13.6. The zero-order valence-corrected chi connectivity index (χ0v) is 16.0. The van der Waals surface area contributed by atoms with E-state index in [1.165, 1.54) is 25.1 Å². The van der Waals surface area contributed by atoms with Crippen molar-refractivity contribution in [1.29, 1.82) is 0 Å². The van der Waals surface area contributed by atoms with E-state index < -0.39 is 5.95 Å². The van der Waals surface area contributed by atoms with Crippen molar-refractivity contribution in [2.45, 2.75) is 58.0 Å². The molecule has 7 nitrogen and oxygen atoms in total. The SMILES string of the molecule is CC[C@@H]1c2nnc(C)n2-c2cnc(-c3ccnc(F)c3)nc2N1C1CCCC1. The summed E-state index contributed by atoms with van der Waals surface area (Å²) in [5.41, 5.74) is 1.52. The van der Waals surface area contributed by atoms with Crippen molar-refractivity contribution in [2.24, 2.45) is 0 Å². The maximum absolute atomic E-state index is 13.6. The van der Waals surface area contributed by atoms with Gasteiger partial charge in [0, 0.05) is 23.9 Å². The predicted molar refractivity (Wildman–Crippen MR) is 103 cm³/mol. The summed E-state index contributed by atoms with van der Waals surface area (Å²) in [5.74, 6) is 2.64. The molecular weight excluding hydrogens is 357 g/mol. The number of halogens is 1. The van der Waals surface area contributed by atoms with Gasteiger partial charge in [-0.25, -0.2) is 15.0 Å². The van der Waals surface area contributed by atoms with Gasteiger partial charge in [-0.15, -0.1) is 10.2 Å². The maximum Gasteiger partial charge on any atom is 0.213 e. The highest BCUT2D eigenvalue weighted by Crippen LogP contribution is 2.43. The third-order valence-corrected chi connectivity index (χ3v) is 5.81. The van der Waals surface area contributed by atoms with E-state index in [2.05, 4.69) is 36.6 Å². The van der Waals surface area contributed by atoms with Crippen molar-refractivity contribution < 1.29 is 4.39 Å². The summed E-state index contributed by atoms with van der Waals surface area (Å²) >= 11 is 0. The Hall–Kier alpha value is -2.90. The number of fused-ring (bicyclic) bond motifs is 3. The molecule has 3 aromatic heterocycles. The normalized spacial score (nSPS) is 19.0. The van der Waals surface area contributed by atoms with E-state index in [-0.39, 0.29) is 6.04 Å². The molecule has 144 valence electrons. The molecule has 8 heteroatoms. The summed E-state index contributed by atoms with van der Waals surface area (Å²) in [6.45, 7) is 4.12. The second-order valence-corrected chi connectivity index (χ2v) is 7.48. The Balaban J connectivity index is 1.71. The summed E-state index contributed by atoms with van der Waals surface area (Å²) in [7, 11) is 0. The van der Waals surface area contributed by atoms with Crippen LogP contribution in [0.5, 0.6) is 0 Å². The van der Waals surface area contributed by atoms with Gasteiger partial charge in [0.2, 0.25) is 5.95 Å². The molecule has 0 aromatic carbocycles. The van der Waals surface area contributed by atoms with E-state index in [9.17, 15) is 4.39 Å². The van der Waals surface area contributed by atoms with Crippen molar-refractivity contribution in [2.75, 3.05) is 4.90 Å². The van der Waals surface area contributed by atoms with Gasteiger partial charge in [-0.2, -0.15) is 4.39 Å². The van der Waals surface area contributed by atoms with Gasteiger partial charge in [-0.3, -0.25) is 4.57 Å². The molecule has 0 N–H and O–H groups in total. The fourth-order valence-corrected chi connectivity index (χ4v) is 4.55. The number of anilines is 1. The molecule has 3 aromatic rings. The fraction of sp³-hybridized carbons (Fsp3) is 0.450. The monoisotopic (exact) mass is 379 g/mol. The molecule has 1 aliphatic heterocycles. The third kappa shape index (κ3) is 2.58. The topological polar surface area (TPSA) is 72.6 Å². The van der Waals surface area contributed by atoms with Crippen molar-refractivity contribution in [3.8, 4) is 17.1 Å². The first-order valence-electron chi connectivity index (χ1n) is 9.87. The van der Waals surface area contributed by atoms with Gasteiger partial charge in [0.25, 0.3) is 0 Å². The molecule has 0 bridgehead atoms. The summed E-state index contributed by atoms with van der Waals surface area (Å²) in [4.78, 5) is 15.5. The van der Waals surface area contributed by atoms with Crippen molar-refractivity contribution in [1.82, 2.24) is 29.7 Å². The zero-order valence-electron chi connectivity index (χ0n) is 16.0. The van der Waals surface area contributed by atoms with Crippen LogP contribution >= 0.6 is 0 Å². The van der Waals surface area contributed by atoms with Gasteiger partial charge in [-0.1, -0.05) is 19.8 Å². The van der Waals surface area contributed by atoms with Crippen LogP contribution in [0.4, 0.5) is 10.2 Å². The molecule has 0 spiro atoms. The lowest BCUT2D eigenvalue weighted by Crippen LogP contribution is -2.42. The molecule has 0 unspecified atom stereocenters. The lowest BCUT2D eigenvalue weighted by molar-refractivity contribution is 0.468. The Morgan fingerprint density at radius 3 is 2.75 bits per heavy atom. The summed E-state index contributed by atoms with van der Waals surface area (Å²) < 4.78 is 15.7. The summed E-state index contributed by atoms with van der Waals surface area (Å²) in [6, 6.07) is 3.65. The number of nitrogens with zero attached hydrogens (tertiary/aromatic N) is 7. The van der Waals surface area contributed by atoms with E-state index >= 15 is 0 Å². The van der Waals surface area contributed by atoms with Gasteiger partial charge < -0.3 is 4.90 Å². The molecular formula is C20H22FN7. The Bertz CT molecular complexity index is 1030. The molecule has 0 amide bonds. The van der Waals surface area contributed by atoms with E-state index in [1.807, 2.05) is 13.1 Å². The zero-order chi connectivity index (χ0) is 19.3. The Morgan fingerprint density at radius 2 is 2.00 bits per heavy atom. The van der Waals surface area contributed by atoms with E-state index in [0.29, 0.717) is 17.4 Å². The Labute approximate surface area is 162 Å². The van der Waals surface area contributed by atoms with Gasteiger partial charge in [0.1, 0.15) is 11.5 Å². The molecule has 1 atom stereocenters. The minimum atomic E-state index is -0.533. The van der Waals surface area contributed by atoms with Crippen LogP contribution in [-0.4, -0.2) is 35.8 Å². The fourth-order valence-electron chi connectivity index (χ4n) is 4.55. The van der Waals surface area contributed by atoms with Crippen LogP contribution in [0.3, 0.4) is 0 Å². The van der Waals surface area contributed by atoms with Crippen LogP contribution in [0.15, 0.2) is 24.5 Å². The molecule has 0 saturated heterocycles. The average Bonchev–Trinajstić information content (AvgIpc) is 3.37. The molecule has 28 heavy (non-hydrogen) atoms. The minimum Gasteiger partial charge on any atom is -0.342 e. The highest BCUT2D eigenvalue weighted by Gasteiger charge is 2.39. The van der Waals surface area contributed by atoms with Crippen LogP contribution in [0.2, 0.25) is 0 Å². The van der Waals surface area contributed by atoms with Crippen LogP contribution in [0.1, 0.15) is 56.7 Å². The number of hydrogen-bond donors (Lipinski definition) is 0. The molecule has 2 aliphatic rings. The number of hydrogen-bond acceptors (Lipinski definition) is 6. The van der Waals surface area contributed by atoms with Gasteiger partial charge in [0.15, 0.2) is 17.5 Å². The van der Waals surface area contributed by atoms with Crippen molar-refractivity contribution in [3.05, 3.63) is 42.1 Å². The Kier molecular flexibility index (Phi) is 4.07. The van der Waals surface area contributed by atoms with E-state index in [0.717, 1.165) is 42.4 Å². The van der Waals surface area contributed by atoms with Crippen molar-refractivity contribution >= 4 is 5.82 Å². The first-order valence-corrected chi connectivity index (χ1v) is 9.87. The minimum absolute atomic E-state index is 0.119. The molecule has 1 fully saturated rings. The number of rotatable bonds is 3. The van der Waals surface area contributed by atoms with Crippen molar-refractivity contribution in [3.63, 3.8) is 0 Å². The third-order valence-electron chi connectivity index (χ3n) is 5.81. The number of pyridine rings is 1. The first kappa shape index (κ1) is 17.2. The second-order valence-electron chi connectivity index (χ2n) is 7.48. The van der Waals surface area contributed by atoms with Gasteiger partial charge >= 0.3 is 0 Å². The average molecular weight is 379 g/mol. The lowest BCUT2D eigenvalue weighted by atomic mass is 10.0. The van der Waals surface area contributed by atoms with E-state index in [4.69, 9.17) is 4.98 Å². The second kappa shape index (κ2) is 6.61. The molecule has 1 aliphatic carbocycles. The van der Waals surface area contributed by atoms with Crippen LogP contribution in [0.25, 0.3) is 17.1 Å². The lowest BCUT2D eigenvalue weighted by Gasteiger charge is -2.41. The number of aryl methyl sites for hydroxylation is 1. The highest BCUT2D eigenvalue weighted by atomic mass is 19.1. The Morgan fingerprint density at radius 1 is 1.18 bits per heavy atom.